The summed E-state index contributed by atoms with van der Waals surface area (Å²) in [4.78, 5) is 13.9. The highest BCUT2D eigenvalue weighted by Gasteiger charge is 2.26. The van der Waals surface area contributed by atoms with Gasteiger partial charge in [0.25, 0.3) is 0 Å². The summed E-state index contributed by atoms with van der Waals surface area (Å²) in [5, 5.41) is 19.7. The first-order valence-electron chi connectivity index (χ1n) is 10.1. The van der Waals surface area contributed by atoms with Gasteiger partial charge < -0.3 is 4.74 Å². The highest BCUT2D eigenvalue weighted by atomic mass is 32.2. The normalized spacial score (nSPS) is 10.8. The molecule has 0 aliphatic carbocycles. The van der Waals surface area contributed by atoms with Crippen molar-refractivity contribution in [2.45, 2.75) is 20.3 Å². The standard InChI is InChI=1S/C24H21N3O4S2/c1-4-21-20(14-26)22(23(32-21)24(28)31-5-2)19-9-7-6-8-18(19)17-11-10-16(12-15(17)13-25)27-33(3,29)30/h6-12,27H,4-5H2,1-3H3. The Bertz CT molecular complexity index is 1410. The molecular formula is C24H21N3O4S2. The third-order valence-corrected chi connectivity index (χ3v) is 6.73. The number of benzene rings is 2. The van der Waals surface area contributed by atoms with Crippen molar-refractivity contribution in [1.82, 2.24) is 0 Å². The zero-order valence-electron chi connectivity index (χ0n) is 18.3. The molecule has 0 unspecified atom stereocenters. The molecule has 0 saturated heterocycles. The Morgan fingerprint density at radius 3 is 2.33 bits per heavy atom. The van der Waals surface area contributed by atoms with Crippen LogP contribution < -0.4 is 4.72 Å². The van der Waals surface area contributed by atoms with Gasteiger partial charge in [-0.1, -0.05) is 37.3 Å². The molecule has 3 rings (SSSR count). The summed E-state index contributed by atoms with van der Waals surface area (Å²) < 4.78 is 30.8. The molecule has 1 aromatic heterocycles. The van der Waals surface area contributed by atoms with Crippen molar-refractivity contribution >= 4 is 33.0 Å². The number of hydrogen-bond donors (Lipinski definition) is 1. The van der Waals surface area contributed by atoms with E-state index >= 15 is 0 Å². The van der Waals surface area contributed by atoms with E-state index in [1.807, 2.05) is 6.92 Å². The second kappa shape index (κ2) is 9.86. The lowest BCUT2D eigenvalue weighted by molar-refractivity contribution is 0.0533. The third kappa shape index (κ3) is 5.06. The molecule has 1 N–H and O–H groups in total. The maximum Gasteiger partial charge on any atom is 0.348 e. The first-order valence-corrected chi connectivity index (χ1v) is 12.8. The van der Waals surface area contributed by atoms with E-state index in [0.29, 0.717) is 39.1 Å². The Hall–Kier alpha value is -3.66. The van der Waals surface area contributed by atoms with Crippen LogP contribution in [0.5, 0.6) is 0 Å². The molecule has 0 bridgehead atoms. The van der Waals surface area contributed by atoms with Gasteiger partial charge in [0.2, 0.25) is 10.0 Å². The summed E-state index contributed by atoms with van der Waals surface area (Å²) in [7, 11) is -3.51. The van der Waals surface area contributed by atoms with Gasteiger partial charge in [-0.3, -0.25) is 4.72 Å². The van der Waals surface area contributed by atoms with Crippen LogP contribution in [-0.4, -0.2) is 27.2 Å². The van der Waals surface area contributed by atoms with Gasteiger partial charge in [-0.25, -0.2) is 13.2 Å². The first kappa shape index (κ1) is 24.0. The molecule has 0 aliphatic heterocycles. The van der Waals surface area contributed by atoms with Crippen molar-refractivity contribution in [2.24, 2.45) is 0 Å². The Morgan fingerprint density at radius 2 is 1.76 bits per heavy atom. The number of sulfonamides is 1. The fraction of sp³-hybridized carbons (Fsp3) is 0.208. The Labute approximate surface area is 196 Å². The SMILES string of the molecule is CCOC(=O)c1sc(CC)c(C#N)c1-c1ccccc1-c1ccc(NS(C)(=O)=O)cc1C#N. The van der Waals surface area contributed by atoms with Gasteiger partial charge in [0.15, 0.2) is 0 Å². The largest absolute Gasteiger partial charge is 0.462 e. The van der Waals surface area contributed by atoms with Crippen LogP contribution in [0.2, 0.25) is 0 Å². The van der Waals surface area contributed by atoms with Gasteiger partial charge >= 0.3 is 5.97 Å². The van der Waals surface area contributed by atoms with Crippen LogP contribution in [-0.2, 0) is 21.2 Å². The number of carbonyl (C=O) groups is 1. The summed E-state index contributed by atoms with van der Waals surface area (Å²) in [5.41, 5.74) is 3.22. The fourth-order valence-electron chi connectivity index (χ4n) is 3.53. The van der Waals surface area contributed by atoms with E-state index in [-0.39, 0.29) is 17.9 Å². The molecule has 33 heavy (non-hydrogen) atoms. The molecule has 3 aromatic rings. The van der Waals surface area contributed by atoms with E-state index in [9.17, 15) is 23.7 Å². The molecule has 0 spiro atoms. The van der Waals surface area contributed by atoms with Crippen LogP contribution in [0.1, 0.15) is 39.5 Å². The number of rotatable bonds is 7. The number of carbonyl (C=O) groups excluding carboxylic acids is 1. The van der Waals surface area contributed by atoms with Gasteiger partial charge in [-0.05, 0) is 36.6 Å². The second-order valence-electron chi connectivity index (χ2n) is 7.08. The van der Waals surface area contributed by atoms with Crippen molar-refractivity contribution in [2.75, 3.05) is 17.6 Å². The van der Waals surface area contributed by atoms with Gasteiger partial charge in [-0.15, -0.1) is 11.3 Å². The van der Waals surface area contributed by atoms with Crippen molar-refractivity contribution < 1.29 is 17.9 Å². The molecule has 168 valence electrons. The summed E-state index contributed by atoms with van der Waals surface area (Å²) >= 11 is 1.24. The zero-order chi connectivity index (χ0) is 24.2. The average molecular weight is 480 g/mol. The summed E-state index contributed by atoms with van der Waals surface area (Å²) in [6.45, 7) is 3.84. The highest BCUT2D eigenvalue weighted by molar-refractivity contribution is 7.92. The van der Waals surface area contributed by atoms with Gasteiger partial charge in [0.1, 0.15) is 10.9 Å². The smallest absolute Gasteiger partial charge is 0.348 e. The first-order chi connectivity index (χ1) is 15.7. The van der Waals surface area contributed by atoms with Crippen molar-refractivity contribution in [3.63, 3.8) is 0 Å². The van der Waals surface area contributed by atoms with E-state index in [1.165, 1.54) is 17.4 Å². The van der Waals surface area contributed by atoms with Crippen molar-refractivity contribution in [1.29, 1.82) is 10.5 Å². The minimum Gasteiger partial charge on any atom is -0.462 e. The quantitative estimate of drug-likeness (QED) is 0.480. The summed E-state index contributed by atoms with van der Waals surface area (Å²) in [5.74, 6) is -0.503. The molecule has 2 aromatic carbocycles. The minimum absolute atomic E-state index is 0.203. The third-order valence-electron chi connectivity index (χ3n) is 4.80. The van der Waals surface area contributed by atoms with Gasteiger partial charge in [0.05, 0.1) is 30.1 Å². The van der Waals surface area contributed by atoms with E-state index in [2.05, 4.69) is 16.9 Å². The average Bonchev–Trinajstić information content (AvgIpc) is 3.16. The number of aryl methyl sites for hydroxylation is 1. The lowest BCUT2D eigenvalue weighted by Crippen LogP contribution is -2.09. The van der Waals surface area contributed by atoms with Crippen LogP contribution in [0.15, 0.2) is 42.5 Å². The fourth-order valence-corrected chi connectivity index (χ4v) is 5.18. The van der Waals surface area contributed by atoms with Crippen LogP contribution in [0, 0.1) is 22.7 Å². The molecule has 9 heteroatoms. The number of ether oxygens (including phenoxy) is 1. The number of nitrogens with one attached hydrogen (secondary N) is 1. The van der Waals surface area contributed by atoms with E-state index < -0.39 is 16.0 Å². The van der Waals surface area contributed by atoms with Crippen LogP contribution >= 0.6 is 11.3 Å². The molecule has 0 aliphatic rings. The number of nitrogens with zero attached hydrogens (tertiary/aromatic N) is 2. The van der Waals surface area contributed by atoms with E-state index in [1.54, 1.807) is 43.3 Å². The second-order valence-corrected chi connectivity index (χ2v) is 9.94. The van der Waals surface area contributed by atoms with Crippen molar-refractivity contribution in [3.05, 3.63) is 63.3 Å². The maximum absolute atomic E-state index is 12.7. The molecule has 0 radical (unpaired) electrons. The maximum atomic E-state index is 12.7. The molecular weight excluding hydrogens is 458 g/mol. The zero-order valence-corrected chi connectivity index (χ0v) is 19.9. The number of thiophene rings is 1. The molecule has 7 nitrogen and oxygen atoms in total. The van der Waals surface area contributed by atoms with Crippen LogP contribution in [0.3, 0.4) is 0 Å². The van der Waals surface area contributed by atoms with Crippen LogP contribution in [0.4, 0.5) is 5.69 Å². The Kier molecular flexibility index (Phi) is 7.17. The lowest BCUT2D eigenvalue weighted by atomic mass is 9.90. The van der Waals surface area contributed by atoms with E-state index in [4.69, 9.17) is 4.74 Å². The molecule has 0 fully saturated rings. The van der Waals surface area contributed by atoms with Crippen molar-refractivity contribution in [3.8, 4) is 34.4 Å². The predicted octanol–water partition coefficient (Wildman–Crippen LogP) is 4.94. The molecule has 0 atom stereocenters. The topological polar surface area (TPSA) is 120 Å². The number of hydrogen-bond acceptors (Lipinski definition) is 7. The molecule has 0 amide bonds. The summed E-state index contributed by atoms with van der Waals surface area (Å²) in [6.07, 6.45) is 1.61. The monoisotopic (exact) mass is 479 g/mol. The predicted molar refractivity (Wildman–Crippen MR) is 128 cm³/mol. The molecule has 1 heterocycles. The minimum atomic E-state index is -3.51. The Morgan fingerprint density at radius 1 is 1.06 bits per heavy atom. The van der Waals surface area contributed by atoms with Crippen LogP contribution in [0.25, 0.3) is 22.3 Å². The summed E-state index contributed by atoms with van der Waals surface area (Å²) in [6, 6.07) is 16.2. The number of nitriles is 2. The van der Waals surface area contributed by atoms with Gasteiger partial charge in [0, 0.05) is 21.7 Å². The lowest BCUT2D eigenvalue weighted by Gasteiger charge is -2.14. The number of anilines is 1. The Balaban J connectivity index is 2.28. The molecule has 0 saturated carbocycles. The van der Waals surface area contributed by atoms with Gasteiger partial charge in [-0.2, -0.15) is 10.5 Å². The highest BCUT2D eigenvalue weighted by Crippen LogP contribution is 2.42. The van der Waals surface area contributed by atoms with E-state index in [0.717, 1.165) is 11.1 Å². The number of esters is 1.